The van der Waals surface area contributed by atoms with Gasteiger partial charge in [-0.2, -0.15) is 0 Å². The van der Waals surface area contributed by atoms with Crippen molar-refractivity contribution in [2.75, 3.05) is 0 Å². The molecule has 0 unspecified atom stereocenters. The summed E-state index contributed by atoms with van der Waals surface area (Å²) in [5.41, 5.74) is 15.0. The summed E-state index contributed by atoms with van der Waals surface area (Å²) < 4.78 is 2.47. The van der Waals surface area contributed by atoms with Crippen LogP contribution in [0, 0.1) is 0 Å². The van der Waals surface area contributed by atoms with E-state index in [4.69, 9.17) is 15.0 Å². The maximum absolute atomic E-state index is 5.18. The van der Waals surface area contributed by atoms with E-state index in [1.54, 1.807) is 0 Å². The predicted molar refractivity (Wildman–Crippen MR) is 241 cm³/mol. The maximum atomic E-state index is 5.18. The lowest BCUT2D eigenvalue weighted by molar-refractivity contribution is 0.332. The summed E-state index contributed by atoms with van der Waals surface area (Å²) in [6.45, 7) is 14.3. The highest BCUT2D eigenvalue weighted by Crippen LogP contribution is 2.50. The van der Waals surface area contributed by atoms with Gasteiger partial charge in [0.2, 0.25) is 0 Å². The number of para-hydroxylation sites is 1. The molecule has 0 saturated carbocycles. The molecule has 2 aromatic heterocycles. The summed E-state index contributed by atoms with van der Waals surface area (Å²) in [5, 5.41) is 4.93. The van der Waals surface area contributed by atoms with E-state index in [1.165, 1.54) is 73.4 Å². The molecule has 0 amide bonds. The molecule has 2 aliphatic carbocycles. The number of rotatable bonds is 4. The molecule has 0 radical (unpaired) electrons. The van der Waals surface area contributed by atoms with Gasteiger partial charge < -0.3 is 4.57 Å². The van der Waals surface area contributed by atoms with E-state index in [0.29, 0.717) is 17.5 Å². The molecule has 0 atom stereocenters. The number of nitrogens with zero attached hydrogens (tertiary/aromatic N) is 4. The van der Waals surface area contributed by atoms with E-state index >= 15 is 0 Å². The second kappa shape index (κ2) is 12.3. The van der Waals surface area contributed by atoms with Gasteiger partial charge in [-0.25, -0.2) is 15.0 Å². The normalized spacial score (nSPS) is 16.0. The lowest BCUT2D eigenvalue weighted by Crippen LogP contribution is -2.33. The molecule has 7 aromatic carbocycles. The third kappa shape index (κ3) is 5.24. The van der Waals surface area contributed by atoms with Crippen LogP contribution in [0.2, 0.25) is 0 Å². The van der Waals surface area contributed by atoms with Crippen molar-refractivity contribution in [3.8, 4) is 51.0 Å². The molecule has 58 heavy (non-hydrogen) atoms. The van der Waals surface area contributed by atoms with Crippen molar-refractivity contribution in [3.05, 3.63) is 168 Å². The lowest BCUT2D eigenvalue weighted by atomic mass is 9.63. The van der Waals surface area contributed by atoms with E-state index in [-0.39, 0.29) is 16.2 Å². The number of aromatic nitrogens is 4. The third-order valence-electron chi connectivity index (χ3n) is 13.5. The molecule has 4 heteroatoms. The van der Waals surface area contributed by atoms with Crippen LogP contribution in [0.5, 0.6) is 0 Å². The molecule has 4 nitrogen and oxygen atoms in total. The first-order valence-corrected chi connectivity index (χ1v) is 20.7. The third-order valence-corrected chi connectivity index (χ3v) is 13.5. The molecule has 0 aliphatic heterocycles. The number of benzene rings is 7. The molecule has 0 fully saturated rings. The topological polar surface area (TPSA) is 43.6 Å². The van der Waals surface area contributed by atoms with Gasteiger partial charge >= 0.3 is 0 Å². The fourth-order valence-electron chi connectivity index (χ4n) is 10.0. The number of fused-ring (bicyclic) bond motifs is 8. The summed E-state index contributed by atoms with van der Waals surface area (Å²) in [5.74, 6) is 2.00. The zero-order valence-electron chi connectivity index (χ0n) is 34.1. The van der Waals surface area contributed by atoms with Crippen molar-refractivity contribution < 1.29 is 0 Å². The van der Waals surface area contributed by atoms with Crippen LogP contribution in [-0.2, 0) is 16.2 Å². The minimum absolute atomic E-state index is 0.0655. The number of hydrogen-bond donors (Lipinski definition) is 0. The molecule has 0 spiro atoms. The van der Waals surface area contributed by atoms with Crippen molar-refractivity contribution in [3.63, 3.8) is 0 Å². The Hall–Kier alpha value is -6.39. The Bertz CT molecular complexity index is 3150. The van der Waals surface area contributed by atoms with Crippen LogP contribution in [0.15, 0.2) is 146 Å². The van der Waals surface area contributed by atoms with Gasteiger partial charge in [-0.15, -0.1) is 0 Å². The highest BCUT2D eigenvalue weighted by Gasteiger charge is 2.38. The van der Waals surface area contributed by atoms with E-state index < -0.39 is 0 Å². The molecule has 9 aromatic rings. The zero-order valence-corrected chi connectivity index (χ0v) is 34.1. The average Bonchev–Trinajstić information content (AvgIpc) is 3.69. The van der Waals surface area contributed by atoms with Gasteiger partial charge in [-0.1, -0.05) is 145 Å². The predicted octanol–water partition coefficient (Wildman–Crippen LogP) is 13.8. The Morgan fingerprint density at radius 2 is 1.00 bits per heavy atom. The molecular formula is C54H46N4. The van der Waals surface area contributed by atoms with Crippen molar-refractivity contribution in [2.45, 2.75) is 70.6 Å². The second-order valence-corrected chi connectivity index (χ2v) is 18.4. The monoisotopic (exact) mass is 750 g/mol. The van der Waals surface area contributed by atoms with Crippen molar-refractivity contribution in [1.29, 1.82) is 0 Å². The Labute approximate surface area is 340 Å². The highest BCUT2D eigenvalue weighted by atomic mass is 15.0. The van der Waals surface area contributed by atoms with Gasteiger partial charge in [0.1, 0.15) is 0 Å². The molecule has 0 saturated heterocycles. The fourth-order valence-corrected chi connectivity index (χ4v) is 10.0. The summed E-state index contributed by atoms with van der Waals surface area (Å²) in [7, 11) is 0. The first-order valence-electron chi connectivity index (χ1n) is 20.7. The van der Waals surface area contributed by atoms with Crippen LogP contribution in [0.1, 0.15) is 76.6 Å². The minimum Gasteiger partial charge on any atom is -0.309 e. The largest absolute Gasteiger partial charge is 0.309 e. The van der Waals surface area contributed by atoms with Gasteiger partial charge in [-0.05, 0) is 110 Å². The van der Waals surface area contributed by atoms with E-state index in [9.17, 15) is 0 Å². The zero-order chi connectivity index (χ0) is 39.6. The molecule has 0 bridgehead atoms. The lowest BCUT2D eigenvalue weighted by Gasteiger charge is -2.42. The van der Waals surface area contributed by atoms with Crippen molar-refractivity contribution in [1.82, 2.24) is 19.5 Å². The molecule has 282 valence electrons. The van der Waals surface area contributed by atoms with Gasteiger partial charge in [0.15, 0.2) is 17.5 Å². The molecule has 0 N–H and O–H groups in total. The SMILES string of the molecule is CC1(C)CCC(C)(C)c2cc3c(cc21)c1ccccc1n3-c1ccc2cc(-c3nc(-c4ccccc4)nc(-c4ccc5c(c4)-c4ccccc4C5(C)C)n3)ccc2c1. The summed E-state index contributed by atoms with van der Waals surface area (Å²) in [6, 6.07) is 53.0. The quantitative estimate of drug-likeness (QED) is 0.180. The van der Waals surface area contributed by atoms with Crippen LogP contribution >= 0.6 is 0 Å². The fraction of sp³-hybridized carbons (Fsp3) is 0.204. The summed E-state index contributed by atoms with van der Waals surface area (Å²) in [4.78, 5) is 15.4. The molecule has 2 aliphatic rings. The first-order chi connectivity index (χ1) is 28.0. The molecule has 11 rings (SSSR count). The Balaban J connectivity index is 1.04. The minimum atomic E-state index is -0.0655. The molecule has 2 heterocycles. The Kier molecular flexibility index (Phi) is 7.39. The van der Waals surface area contributed by atoms with Crippen LogP contribution in [0.4, 0.5) is 0 Å². The van der Waals surface area contributed by atoms with Crippen LogP contribution in [0.25, 0.3) is 83.6 Å². The van der Waals surface area contributed by atoms with Crippen molar-refractivity contribution in [2.24, 2.45) is 0 Å². The van der Waals surface area contributed by atoms with Gasteiger partial charge in [0.25, 0.3) is 0 Å². The van der Waals surface area contributed by atoms with Crippen LogP contribution < -0.4 is 0 Å². The maximum Gasteiger partial charge on any atom is 0.164 e. The van der Waals surface area contributed by atoms with Gasteiger partial charge in [-0.3, -0.25) is 0 Å². The Morgan fingerprint density at radius 1 is 0.414 bits per heavy atom. The second-order valence-electron chi connectivity index (χ2n) is 18.4. The summed E-state index contributed by atoms with van der Waals surface area (Å²) >= 11 is 0. The number of hydrogen-bond acceptors (Lipinski definition) is 3. The average molecular weight is 751 g/mol. The van der Waals surface area contributed by atoms with Crippen LogP contribution in [0.3, 0.4) is 0 Å². The molecular weight excluding hydrogens is 705 g/mol. The first kappa shape index (κ1) is 34.8. The highest BCUT2D eigenvalue weighted by molar-refractivity contribution is 6.10. The van der Waals surface area contributed by atoms with Gasteiger partial charge in [0, 0.05) is 38.6 Å². The smallest absolute Gasteiger partial charge is 0.164 e. The summed E-state index contributed by atoms with van der Waals surface area (Å²) in [6.07, 6.45) is 2.39. The van der Waals surface area contributed by atoms with Crippen LogP contribution in [-0.4, -0.2) is 19.5 Å². The van der Waals surface area contributed by atoms with E-state index in [1.807, 2.05) is 18.2 Å². The van der Waals surface area contributed by atoms with Crippen molar-refractivity contribution >= 4 is 32.6 Å². The van der Waals surface area contributed by atoms with E-state index in [0.717, 1.165) is 27.8 Å². The van der Waals surface area contributed by atoms with Gasteiger partial charge in [0.05, 0.1) is 11.0 Å². The van der Waals surface area contributed by atoms with E-state index in [2.05, 4.69) is 174 Å². The Morgan fingerprint density at radius 3 is 1.78 bits per heavy atom. The standard InChI is InChI=1S/C54H46N4/c1-52(2)26-27-53(3,4)46-32-48-42(31-45(46)52)40-17-11-13-19-47(40)58(48)38-24-22-34-28-36(21-20-35(34)29-38)50-55-49(33-14-8-7-9-15-33)56-51(57-50)37-23-25-44-41(30-37)39-16-10-12-18-43(39)54(44,5)6/h7-25,28-32H,26-27H2,1-6H3.